The molecule has 0 fully saturated rings. The van der Waals surface area contributed by atoms with Crippen molar-refractivity contribution in [3.63, 3.8) is 0 Å². The number of hydrogen-bond acceptors (Lipinski definition) is 4. The van der Waals surface area contributed by atoms with E-state index in [2.05, 4.69) is 20.9 Å². The molecule has 0 aliphatic rings. The van der Waals surface area contributed by atoms with E-state index in [1.807, 2.05) is 0 Å². The standard InChI is InChI=1S/C13H9BrFNO4/c1-19-8-2-3-11(9(5-8)13(17)18)20-12-10(15)4-7(14)6-16-12/h2-6H,1H3,(H,17,18). The van der Waals surface area contributed by atoms with Gasteiger partial charge in [0.05, 0.1) is 7.11 Å². The van der Waals surface area contributed by atoms with E-state index >= 15 is 0 Å². The monoisotopic (exact) mass is 341 g/mol. The summed E-state index contributed by atoms with van der Waals surface area (Å²) < 4.78 is 24.2. The van der Waals surface area contributed by atoms with Crippen LogP contribution in [0.25, 0.3) is 0 Å². The molecule has 5 nitrogen and oxygen atoms in total. The first kappa shape index (κ1) is 14.3. The van der Waals surface area contributed by atoms with Crippen molar-refractivity contribution >= 4 is 21.9 Å². The SMILES string of the molecule is COc1ccc(Oc2ncc(Br)cc2F)c(C(=O)O)c1. The number of benzene rings is 1. The molecule has 0 amide bonds. The molecule has 1 aromatic carbocycles. The lowest BCUT2D eigenvalue weighted by molar-refractivity contribution is 0.0693. The summed E-state index contributed by atoms with van der Waals surface area (Å²) in [5.74, 6) is -1.88. The molecule has 0 aliphatic carbocycles. The van der Waals surface area contributed by atoms with Crippen LogP contribution in [0.1, 0.15) is 10.4 Å². The fraction of sp³-hybridized carbons (Fsp3) is 0.0769. The average Bonchev–Trinajstić information content (AvgIpc) is 2.42. The molecule has 0 saturated carbocycles. The normalized spacial score (nSPS) is 10.2. The highest BCUT2D eigenvalue weighted by molar-refractivity contribution is 9.10. The molecule has 0 saturated heterocycles. The van der Waals surface area contributed by atoms with Gasteiger partial charge in [0.1, 0.15) is 17.1 Å². The second kappa shape index (κ2) is 5.87. The fourth-order valence-electron chi connectivity index (χ4n) is 1.47. The third-order valence-electron chi connectivity index (χ3n) is 2.40. The zero-order chi connectivity index (χ0) is 14.7. The number of rotatable bonds is 4. The molecule has 0 spiro atoms. The Bertz CT molecular complexity index is 663. The Morgan fingerprint density at radius 3 is 2.75 bits per heavy atom. The summed E-state index contributed by atoms with van der Waals surface area (Å²) in [6.07, 6.45) is 1.35. The predicted octanol–water partition coefficient (Wildman–Crippen LogP) is 3.48. The second-order valence-corrected chi connectivity index (χ2v) is 4.63. The summed E-state index contributed by atoms with van der Waals surface area (Å²) in [7, 11) is 1.41. The van der Waals surface area contributed by atoms with Gasteiger partial charge in [-0.25, -0.2) is 14.2 Å². The number of aromatic nitrogens is 1. The van der Waals surface area contributed by atoms with Crippen LogP contribution in [0.15, 0.2) is 34.9 Å². The lowest BCUT2D eigenvalue weighted by atomic mass is 10.2. The quantitative estimate of drug-likeness (QED) is 0.921. The third-order valence-corrected chi connectivity index (χ3v) is 2.83. The van der Waals surface area contributed by atoms with Gasteiger partial charge < -0.3 is 14.6 Å². The number of nitrogens with zero attached hydrogens (tertiary/aromatic N) is 1. The molecule has 104 valence electrons. The molecule has 20 heavy (non-hydrogen) atoms. The van der Waals surface area contributed by atoms with Crippen LogP contribution in [0.2, 0.25) is 0 Å². The smallest absolute Gasteiger partial charge is 0.339 e. The third kappa shape index (κ3) is 3.05. The molecular formula is C13H9BrFNO4. The minimum absolute atomic E-state index is 0.0213. The van der Waals surface area contributed by atoms with Crippen molar-refractivity contribution in [2.75, 3.05) is 7.11 Å². The molecule has 0 aliphatic heterocycles. The van der Waals surface area contributed by atoms with E-state index in [0.29, 0.717) is 10.2 Å². The van der Waals surface area contributed by atoms with Crippen molar-refractivity contribution in [1.29, 1.82) is 0 Å². The van der Waals surface area contributed by atoms with Crippen molar-refractivity contribution in [2.24, 2.45) is 0 Å². The molecule has 1 heterocycles. The van der Waals surface area contributed by atoms with Crippen LogP contribution in [0.4, 0.5) is 4.39 Å². The first-order valence-corrected chi connectivity index (χ1v) is 6.21. The molecule has 0 radical (unpaired) electrons. The summed E-state index contributed by atoms with van der Waals surface area (Å²) in [5.41, 5.74) is -0.145. The van der Waals surface area contributed by atoms with Crippen LogP contribution in [-0.4, -0.2) is 23.2 Å². The van der Waals surface area contributed by atoms with Gasteiger partial charge in [-0.05, 0) is 40.2 Å². The van der Waals surface area contributed by atoms with Crippen molar-refractivity contribution in [3.05, 3.63) is 46.3 Å². The van der Waals surface area contributed by atoms with Gasteiger partial charge in [-0.2, -0.15) is 0 Å². The van der Waals surface area contributed by atoms with Crippen LogP contribution in [0.5, 0.6) is 17.4 Å². The highest BCUT2D eigenvalue weighted by atomic mass is 79.9. The van der Waals surface area contributed by atoms with E-state index < -0.39 is 11.8 Å². The fourth-order valence-corrected chi connectivity index (χ4v) is 1.78. The number of hydrogen-bond donors (Lipinski definition) is 1. The van der Waals surface area contributed by atoms with Gasteiger partial charge in [0.2, 0.25) is 0 Å². The zero-order valence-corrected chi connectivity index (χ0v) is 11.8. The Morgan fingerprint density at radius 2 is 2.15 bits per heavy atom. The molecule has 0 bridgehead atoms. The molecule has 0 atom stereocenters. The molecule has 7 heteroatoms. The number of ether oxygens (including phenoxy) is 2. The zero-order valence-electron chi connectivity index (χ0n) is 10.3. The van der Waals surface area contributed by atoms with Gasteiger partial charge in [0.15, 0.2) is 5.82 Å². The molecule has 1 N–H and O–H groups in total. The summed E-state index contributed by atoms with van der Waals surface area (Å²) in [6.45, 7) is 0. The van der Waals surface area contributed by atoms with E-state index in [1.165, 1.54) is 37.6 Å². The topological polar surface area (TPSA) is 68.7 Å². The van der Waals surface area contributed by atoms with Gasteiger partial charge in [0, 0.05) is 10.7 Å². The summed E-state index contributed by atoms with van der Waals surface area (Å²) in [6, 6.07) is 5.35. The number of methoxy groups -OCH3 is 1. The van der Waals surface area contributed by atoms with Crippen LogP contribution < -0.4 is 9.47 Å². The molecule has 0 unspecified atom stereocenters. The van der Waals surface area contributed by atoms with Gasteiger partial charge >= 0.3 is 5.97 Å². The van der Waals surface area contributed by atoms with Crippen LogP contribution in [0, 0.1) is 5.82 Å². The Balaban J connectivity index is 2.40. The van der Waals surface area contributed by atoms with Crippen LogP contribution in [-0.2, 0) is 0 Å². The van der Waals surface area contributed by atoms with E-state index in [4.69, 9.17) is 14.6 Å². The number of carboxylic acid groups (broad SMARTS) is 1. The number of halogens is 2. The first-order chi connectivity index (χ1) is 9.51. The highest BCUT2D eigenvalue weighted by Gasteiger charge is 2.16. The van der Waals surface area contributed by atoms with Gasteiger partial charge in [-0.3, -0.25) is 0 Å². The molecule has 1 aromatic heterocycles. The summed E-state index contributed by atoms with van der Waals surface area (Å²) >= 11 is 3.07. The molecular weight excluding hydrogens is 333 g/mol. The predicted molar refractivity (Wildman–Crippen MR) is 71.9 cm³/mol. The van der Waals surface area contributed by atoms with E-state index in [9.17, 15) is 9.18 Å². The Morgan fingerprint density at radius 1 is 1.40 bits per heavy atom. The van der Waals surface area contributed by atoms with Crippen molar-refractivity contribution in [3.8, 4) is 17.4 Å². The van der Waals surface area contributed by atoms with Crippen molar-refractivity contribution in [1.82, 2.24) is 4.98 Å². The van der Waals surface area contributed by atoms with E-state index in [1.54, 1.807) is 0 Å². The Hall–Kier alpha value is -2.15. The number of pyridine rings is 1. The maximum Gasteiger partial charge on any atom is 0.339 e. The van der Waals surface area contributed by atoms with Gasteiger partial charge in [0.25, 0.3) is 5.88 Å². The largest absolute Gasteiger partial charge is 0.497 e. The van der Waals surface area contributed by atoms with E-state index in [-0.39, 0.29) is 17.2 Å². The lowest BCUT2D eigenvalue weighted by Crippen LogP contribution is -2.02. The summed E-state index contributed by atoms with van der Waals surface area (Å²) in [4.78, 5) is 14.9. The number of carbonyl (C=O) groups is 1. The first-order valence-electron chi connectivity index (χ1n) is 5.41. The lowest BCUT2D eigenvalue weighted by Gasteiger charge is -2.10. The van der Waals surface area contributed by atoms with Crippen LogP contribution >= 0.6 is 15.9 Å². The van der Waals surface area contributed by atoms with E-state index in [0.717, 1.165) is 0 Å². The maximum absolute atomic E-state index is 13.6. The maximum atomic E-state index is 13.6. The second-order valence-electron chi connectivity index (χ2n) is 3.71. The van der Waals surface area contributed by atoms with Gasteiger partial charge in [-0.1, -0.05) is 0 Å². The number of carboxylic acids is 1. The Labute approximate surface area is 122 Å². The van der Waals surface area contributed by atoms with Crippen molar-refractivity contribution < 1.29 is 23.8 Å². The highest BCUT2D eigenvalue weighted by Crippen LogP contribution is 2.29. The Kier molecular flexibility index (Phi) is 4.19. The minimum atomic E-state index is -1.21. The van der Waals surface area contributed by atoms with Gasteiger partial charge in [-0.15, -0.1) is 0 Å². The summed E-state index contributed by atoms with van der Waals surface area (Å²) in [5, 5.41) is 9.12. The minimum Gasteiger partial charge on any atom is -0.497 e. The van der Waals surface area contributed by atoms with Crippen molar-refractivity contribution in [2.45, 2.75) is 0 Å². The average molecular weight is 342 g/mol. The number of aromatic carboxylic acids is 1. The molecule has 2 rings (SSSR count). The molecule has 2 aromatic rings. The van der Waals surface area contributed by atoms with Crippen LogP contribution in [0.3, 0.4) is 0 Å².